The van der Waals surface area contributed by atoms with Crippen LogP contribution in [-0.2, 0) is 4.74 Å². The van der Waals surface area contributed by atoms with Crippen molar-refractivity contribution in [2.75, 3.05) is 51.3 Å². The monoisotopic (exact) mass is 522 g/mol. The van der Waals surface area contributed by atoms with E-state index >= 15 is 0 Å². The molecule has 0 saturated carbocycles. The summed E-state index contributed by atoms with van der Waals surface area (Å²) in [5.74, 6) is 0.962. The van der Waals surface area contributed by atoms with Crippen LogP contribution in [0.2, 0.25) is 0 Å². The molecule has 1 N–H and O–H groups in total. The van der Waals surface area contributed by atoms with Crippen molar-refractivity contribution in [1.29, 1.82) is 0 Å². The maximum absolute atomic E-state index is 13.5. The van der Waals surface area contributed by atoms with E-state index in [1.165, 1.54) is 16.1 Å². The van der Waals surface area contributed by atoms with E-state index in [1.807, 2.05) is 29.2 Å². The largest absolute Gasteiger partial charge is 0.444 e. The highest BCUT2D eigenvalue weighted by Gasteiger charge is 2.22. The molecule has 1 aromatic carbocycles. The smallest absolute Gasteiger partial charge is 0.321 e. The van der Waals surface area contributed by atoms with Crippen LogP contribution < -0.4 is 5.32 Å². The number of aromatic nitrogens is 1. The van der Waals surface area contributed by atoms with Gasteiger partial charge in [-0.25, -0.2) is 9.78 Å². The van der Waals surface area contributed by atoms with E-state index in [0.717, 1.165) is 50.5 Å². The second-order valence-corrected chi connectivity index (χ2v) is 10.6. The number of thiophene rings is 2. The summed E-state index contributed by atoms with van der Waals surface area (Å²) in [6.07, 6.45) is 3.95. The molecule has 0 atom stereocenters. The number of nitrogens with zero attached hydrogens (tertiary/aromatic N) is 3. The van der Waals surface area contributed by atoms with Crippen LogP contribution in [-0.4, -0.2) is 66.8 Å². The summed E-state index contributed by atoms with van der Waals surface area (Å²) in [5, 5.41) is 7.36. The van der Waals surface area contributed by atoms with Crippen LogP contribution in [0.3, 0.4) is 0 Å². The Morgan fingerprint density at radius 3 is 2.50 bits per heavy atom. The average Bonchev–Trinajstić information content (AvgIpc) is 3.71. The van der Waals surface area contributed by atoms with Gasteiger partial charge in [0.1, 0.15) is 0 Å². The number of urea groups is 1. The summed E-state index contributed by atoms with van der Waals surface area (Å²) in [6, 6.07) is 16.2. The van der Waals surface area contributed by atoms with Crippen LogP contribution in [0.15, 0.2) is 76.3 Å². The van der Waals surface area contributed by atoms with Gasteiger partial charge in [-0.1, -0.05) is 24.3 Å². The summed E-state index contributed by atoms with van der Waals surface area (Å²) < 4.78 is 10.9. The molecule has 1 aliphatic heterocycles. The molecule has 0 spiro atoms. The highest BCUT2D eigenvalue weighted by Crippen LogP contribution is 2.34. The summed E-state index contributed by atoms with van der Waals surface area (Å²) in [7, 11) is 0. The number of carbonyl (C=O) groups excluding carboxylic acids is 1. The molecule has 0 bridgehead atoms. The topological polar surface area (TPSA) is 70.8 Å². The van der Waals surface area contributed by atoms with Crippen molar-refractivity contribution in [1.82, 2.24) is 14.8 Å². The van der Waals surface area contributed by atoms with Gasteiger partial charge in [0.25, 0.3) is 0 Å². The third kappa shape index (κ3) is 6.41. The molecule has 2 amide bonds. The summed E-state index contributed by atoms with van der Waals surface area (Å²) in [5.41, 5.74) is 1.61. The van der Waals surface area contributed by atoms with Gasteiger partial charge in [-0.05, 0) is 41.4 Å². The van der Waals surface area contributed by atoms with Gasteiger partial charge in [0.05, 0.1) is 19.4 Å². The van der Waals surface area contributed by atoms with E-state index < -0.39 is 0 Å². The normalized spacial score (nSPS) is 14.2. The first kappa shape index (κ1) is 24.7. The Morgan fingerprint density at radius 2 is 1.83 bits per heavy atom. The van der Waals surface area contributed by atoms with Crippen LogP contribution in [0.4, 0.5) is 10.5 Å². The number of oxazole rings is 1. The fourth-order valence-electron chi connectivity index (χ4n) is 4.40. The Labute approximate surface area is 219 Å². The Bertz CT molecular complexity index is 1160. The lowest BCUT2D eigenvalue weighted by Gasteiger charge is -2.31. The number of amides is 2. The standard InChI is InChI=1S/C27H30N4O3S2/c32-27(29-22-5-1-4-21(18-22)24-19-28-20-34-24)31(11-10-30-12-14-33-15-13-30)9-8-23(25-6-2-16-35-25)26-7-3-17-36-26/h1-7,16-20,23H,8-15H2,(H,29,32). The number of rotatable bonds is 10. The second kappa shape index (κ2) is 12.3. The highest BCUT2D eigenvalue weighted by atomic mass is 32.1. The van der Waals surface area contributed by atoms with Crippen LogP contribution >= 0.6 is 22.7 Å². The number of morpholine rings is 1. The third-order valence-corrected chi connectivity index (χ3v) is 8.34. The van der Waals surface area contributed by atoms with Crippen molar-refractivity contribution in [2.24, 2.45) is 0 Å². The number of ether oxygens (including phenoxy) is 1. The molecule has 36 heavy (non-hydrogen) atoms. The molecular formula is C27H30N4O3S2. The van der Waals surface area contributed by atoms with Crippen LogP contribution in [0, 0.1) is 0 Å². The molecule has 5 rings (SSSR count). The van der Waals surface area contributed by atoms with Crippen molar-refractivity contribution in [3.05, 3.63) is 81.6 Å². The predicted molar refractivity (Wildman–Crippen MR) is 145 cm³/mol. The zero-order valence-corrected chi connectivity index (χ0v) is 21.7. The summed E-state index contributed by atoms with van der Waals surface area (Å²) in [4.78, 5) is 24.5. The van der Waals surface area contributed by atoms with Gasteiger partial charge in [-0.3, -0.25) is 4.90 Å². The number of carbonyl (C=O) groups is 1. The Morgan fingerprint density at radius 1 is 1.06 bits per heavy atom. The van der Waals surface area contributed by atoms with E-state index in [9.17, 15) is 4.79 Å². The maximum Gasteiger partial charge on any atom is 0.321 e. The van der Waals surface area contributed by atoms with Crippen molar-refractivity contribution in [3.63, 3.8) is 0 Å². The highest BCUT2D eigenvalue weighted by molar-refractivity contribution is 7.11. The molecule has 1 fully saturated rings. The van der Waals surface area contributed by atoms with Gasteiger partial charge >= 0.3 is 6.03 Å². The van der Waals surface area contributed by atoms with Crippen LogP contribution in [0.1, 0.15) is 22.1 Å². The van der Waals surface area contributed by atoms with Crippen molar-refractivity contribution in [3.8, 4) is 11.3 Å². The Balaban J connectivity index is 1.29. The van der Waals surface area contributed by atoms with E-state index in [1.54, 1.807) is 28.9 Å². The molecule has 1 saturated heterocycles. The second-order valence-electron chi connectivity index (χ2n) is 8.69. The molecule has 4 aromatic rings. The Hall–Kier alpha value is -2.98. The van der Waals surface area contributed by atoms with Crippen molar-refractivity contribution >= 4 is 34.4 Å². The van der Waals surface area contributed by atoms with E-state index in [2.05, 4.69) is 50.2 Å². The molecule has 0 aliphatic carbocycles. The van der Waals surface area contributed by atoms with Gasteiger partial charge in [-0.2, -0.15) is 0 Å². The number of hydrogen-bond donors (Lipinski definition) is 1. The molecule has 3 aromatic heterocycles. The van der Waals surface area contributed by atoms with Crippen molar-refractivity contribution < 1.29 is 13.9 Å². The fraction of sp³-hybridized carbons (Fsp3) is 0.333. The van der Waals surface area contributed by atoms with Crippen molar-refractivity contribution in [2.45, 2.75) is 12.3 Å². The quantitative estimate of drug-likeness (QED) is 0.283. The van der Waals surface area contributed by atoms with E-state index in [0.29, 0.717) is 24.8 Å². The summed E-state index contributed by atoms with van der Waals surface area (Å²) >= 11 is 3.56. The first-order chi connectivity index (χ1) is 17.8. The third-order valence-electron chi connectivity index (χ3n) is 6.37. The first-order valence-electron chi connectivity index (χ1n) is 12.2. The molecule has 7 nitrogen and oxygen atoms in total. The minimum Gasteiger partial charge on any atom is -0.444 e. The van der Waals surface area contributed by atoms with E-state index in [-0.39, 0.29) is 6.03 Å². The zero-order valence-electron chi connectivity index (χ0n) is 20.0. The summed E-state index contributed by atoms with van der Waals surface area (Å²) in [6.45, 7) is 5.47. The lowest BCUT2D eigenvalue weighted by atomic mass is 10.0. The molecule has 4 heterocycles. The Kier molecular flexibility index (Phi) is 8.45. The number of anilines is 1. The zero-order chi connectivity index (χ0) is 24.6. The van der Waals surface area contributed by atoms with E-state index in [4.69, 9.17) is 9.15 Å². The van der Waals surface area contributed by atoms with Gasteiger partial charge < -0.3 is 19.4 Å². The predicted octanol–water partition coefficient (Wildman–Crippen LogP) is 5.85. The SMILES string of the molecule is O=C(Nc1cccc(-c2cnco2)c1)N(CCC(c1cccs1)c1cccs1)CCN1CCOCC1. The maximum atomic E-state index is 13.5. The van der Waals surface area contributed by atoms with Crippen LogP contribution in [0.25, 0.3) is 11.3 Å². The lowest BCUT2D eigenvalue weighted by Crippen LogP contribution is -2.44. The molecule has 9 heteroatoms. The van der Waals surface area contributed by atoms with Gasteiger partial charge in [0.15, 0.2) is 12.2 Å². The fourth-order valence-corrected chi connectivity index (χ4v) is 6.24. The number of hydrogen-bond acceptors (Lipinski definition) is 7. The molecule has 1 aliphatic rings. The minimum atomic E-state index is -0.0888. The molecule has 0 unspecified atom stereocenters. The lowest BCUT2D eigenvalue weighted by molar-refractivity contribution is 0.0351. The molecule has 0 radical (unpaired) electrons. The van der Waals surface area contributed by atoms with Gasteiger partial charge in [0.2, 0.25) is 0 Å². The number of benzene rings is 1. The molecule has 188 valence electrons. The first-order valence-corrected chi connectivity index (χ1v) is 13.9. The van der Waals surface area contributed by atoms with Crippen LogP contribution in [0.5, 0.6) is 0 Å². The number of nitrogens with one attached hydrogen (secondary N) is 1. The van der Waals surface area contributed by atoms with Gasteiger partial charge in [-0.15, -0.1) is 22.7 Å². The molecular weight excluding hydrogens is 492 g/mol. The minimum absolute atomic E-state index is 0.0888. The van der Waals surface area contributed by atoms with Gasteiger partial charge in [0, 0.05) is 59.6 Å². The average molecular weight is 523 g/mol.